The third kappa shape index (κ3) is 6.24. The number of rotatable bonds is 8. The van der Waals surface area contributed by atoms with Gasteiger partial charge in [0.05, 0.1) is 25.9 Å². The lowest BCUT2D eigenvalue weighted by molar-refractivity contribution is -0.268. The highest BCUT2D eigenvalue weighted by atomic mass is 32.2. The maximum Gasteiger partial charge on any atom is 0.221 e. The second-order valence-electron chi connectivity index (χ2n) is 8.59. The lowest BCUT2D eigenvalue weighted by Crippen LogP contribution is -2.38. The van der Waals surface area contributed by atoms with E-state index in [2.05, 4.69) is 12.2 Å². The summed E-state index contributed by atoms with van der Waals surface area (Å²) in [7, 11) is 1.68. The zero-order chi connectivity index (χ0) is 24.8. The van der Waals surface area contributed by atoms with Crippen molar-refractivity contribution in [3.63, 3.8) is 0 Å². The highest BCUT2D eigenvalue weighted by molar-refractivity contribution is 7.99. The van der Waals surface area contributed by atoms with Crippen molar-refractivity contribution in [1.29, 1.82) is 0 Å². The molecule has 1 heterocycles. The molecule has 1 fully saturated rings. The molecule has 0 spiro atoms. The standard InChI is InChI=1S/C28H31NO5S/c1-18-25(17-35-26-10-5-4-9-24(26)32-3)33-28(22-7-6-8-23(15-22)29-19(2)31)34-27(18)21-13-11-20(16-30)12-14-21/h4-15,18,25,27-28,30H,16-17H2,1-3H3,(H,29,31). The Morgan fingerprint density at radius 3 is 2.51 bits per heavy atom. The molecule has 4 unspecified atom stereocenters. The number of ether oxygens (including phenoxy) is 3. The Morgan fingerprint density at radius 2 is 1.80 bits per heavy atom. The Labute approximate surface area is 210 Å². The molecule has 7 heteroatoms. The van der Waals surface area contributed by atoms with Gasteiger partial charge in [0.2, 0.25) is 5.91 Å². The summed E-state index contributed by atoms with van der Waals surface area (Å²) < 4.78 is 18.5. The molecule has 0 saturated carbocycles. The van der Waals surface area contributed by atoms with Crippen LogP contribution in [0.5, 0.6) is 5.75 Å². The first-order chi connectivity index (χ1) is 17.0. The highest BCUT2D eigenvalue weighted by Crippen LogP contribution is 2.43. The van der Waals surface area contributed by atoms with Gasteiger partial charge in [-0.25, -0.2) is 0 Å². The molecular weight excluding hydrogens is 462 g/mol. The lowest BCUT2D eigenvalue weighted by Gasteiger charge is -2.41. The van der Waals surface area contributed by atoms with E-state index in [4.69, 9.17) is 14.2 Å². The Morgan fingerprint density at radius 1 is 1.03 bits per heavy atom. The van der Waals surface area contributed by atoms with E-state index < -0.39 is 6.29 Å². The number of carbonyl (C=O) groups excluding carboxylic acids is 1. The van der Waals surface area contributed by atoms with Crippen LogP contribution in [0.15, 0.2) is 77.7 Å². The van der Waals surface area contributed by atoms with Crippen LogP contribution in [0.2, 0.25) is 0 Å². The smallest absolute Gasteiger partial charge is 0.221 e. The number of aliphatic hydroxyl groups is 1. The number of carbonyl (C=O) groups is 1. The van der Waals surface area contributed by atoms with Crippen molar-refractivity contribution in [1.82, 2.24) is 0 Å². The zero-order valence-electron chi connectivity index (χ0n) is 20.1. The zero-order valence-corrected chi connectivity index (χ0v) is 21.0. The van der Waals surface area contributed by atoms with Crippen LogP contribution < -0.4 is 10.1 Å². The van der Waals surface area contributed by atoms with Gasteiger partial charge in [-0.15, -0.1) is 11.8 Å². The van der Waals surface area contributed by atoms with Gasteiger partial charge >= 0.3 is 0 Å². The summed E-state index contributed by atoms with van der Waals surface area (Å²) in [5.74, 6) is 1.51. The summed E-state index contributed by atoms with van der Waals surface area (Å²) >= 11 is 1.70. The average molecular weight is 494 g/mol. The molecule has 1 aliphatic rings. The Kier molecular flexibility index (Phi) is 8.46. The first kappa shape index (κ1) is 25.3. The van der Waals surface area contributed by atoms with Crippen molar-refractivity contribution in [2.24, 2.45) is 5.92 Å². The van der Waals surface area contributed by atoms with Crippen LogP contribution in [-0.4, -0.2) is 30.0 Å². The molecule has 3 aromatic carbocycles. The van der Waals surface area contributed by atoms with E-state index in [0.29, 0.717) is 5.69 Å². The first-order valence-electron chi connectivity index (χ1n) is 11.6. The van der Waals surface area contributed by atoms with Crippen molar-refractivity contribution >= 4 is 23.4 Å². The van der Waals surface area contributed by atoms with Gasteiger partial charge in [-0.3, -0.25) is 4.79 Å². The fraction of sp³-hybridized carbons (Fsp3) is 0.321. The number of hydrogen-bond acceptors (Lipinski definition) is 6. The number of thioether (sulfide) groups is 1. The molecule has 184 valence electrons. The number of para-hydroxylation sites is 1. The number of methoxy groups -OCH3 is 1. The fourth-order valence-corrected chi connectivity index (χ4v) is 5.38. The summed E-state index contributed by atoms with van der Waals surface area (Å²) in [6.45, 7) is 3.63. The predicted molar refractivity (Wildman–Crippen MR) is 137 cm³/mol. The van der Waals surface area contributed by atoms with Crippen molar-refractivity contribution in [2.45, 2.75) is 43.8 Å². The van der Waals surface area contributed by atoms with Crippen LogP contribution in [0.4, 0.5) is 5.69 Å². The van der Waals surface area contributed by atoms with Gasteiger partial charge in [-0.2, -0.15) is 0 Å². The van der Waals surface area contributed by atoms with E-state index in [0.717, 1.165) is 33.1 Å². The molecule has 2 N–H and O–H groups in total. The normalized spacial score (nSPS) is 21.9. The lowest BCUT2D eigenvalue weighted by atomic mass is 9.91. The molecule has 0 aromatic heterocycles. The topological polar surface area (TPSA) is 77.0 Å². The van der Waals surface area contributed by atoms with E-state index in [1.54, 1.807) is 18.9 Å². The number of aliphatic hydroxyl groups excluding tert-OH is 1. The van der Waals surface area contributed by atoms with E-state index in [1.807, 2.05) is 72.8 Å². The van der Waals surface area contributed by atoms with Gasteiger partial charge in [0.1, 0.15) is 5.75 Å². The van der Waals surface area contributed by atoms with Gasteiger partial charge in [-0.1, -0.05) is 55.5 Å². The summed E-state index contributed by atoms with van der Waals surface area (Å²) in [6, 6.07) is 23.4. The molecule has 6 nitrogen and oxygen atoms in total. The van der Waals surface area contributed by atoms with E-state index in [1.165, 1.54) is 6.92 Å². The van der Waals surface area contributed by atoms with E-state index >= 15 is 0 Å². The van der Waals surface area contributed by atoms with E-state index in [9.17, 15) is 9.90 Å². The molecule has 0 aliphatic carbocycles. The number of nitrogens with one attached hydrogen (secondary N) is 1. The van der Waals surface area contributed by atoms with Crippen LogP contribution in [-0.2, 0) is 20.9 Å². The molecule has 0 radical (unpaired) electrons. The average Bonchev–Trinajstić information content (AvgIpc) is 2.88. The van der Waals surface area contributed by atoms with Gasteiger partial charge in [0.15, 0.2) is 6.29 Å². The SMILES string of the molecule is COc1ccccc1SCC1OC(c2cccc(NC(C)=O)c2)OC(c2ccc(CO)cc2)C1C. The van der Waals surface area contributed by atoms with Crippen molar-refractivity contribution in [3.8, 4) is 5.75 Å². The van der Waals surface area contributed by atoms with Crippen LogP contribution in [0.25, 0.3) is 0 Å². The summed E-state index contributed by atoms with van der Waals surface area (Å²) in [4.78, 5) is 12.6. The maximum atomic E-state index is 11.6. The van der Waals surface area contributed by atoms with Crippen LogP contribution in [0, 0.1) is 5.92 Å². The van der Waals surface area contributed by atoms with Gasteiger partial charge in [0, 0.05) is 34.7 Å². The largest absolute Gasteiger partial charge is 0.496 e. The minimum atomic E-state index is -0.592. The predicted octanol–water partition coefficient (Wildman–Crippen LogP) is 5.73. The summed E-state index contributed by atoms with van der Waals surface area (Å²) in [5.41, 5.74) is 3.43. The van der Waals surface area contributed by atoms with Crippen LogP contribution in [0.1, 0.15) is 42.9 Å². The summed E-state index contributed by atoms with van der Waals surface area (Å²) in [6.07, 6.45) is -0.893. The summed E-state index contributed by atoms with van der Waals surface area (Å²) in [5, 5.41) is 12.3. The van der Waals surface area contributed by atoms with Gasteiger partial charge < -0.3 is 24.6 Å². The van der Waals surface area contributed by atoms with E-state index in [-0.39, 0.29) is 30.6 Å². The third-order valence-corrected chi connectivity index (χ3v) is 7.22. The molecular formula is C28H31NO5S. The molecule has 1 saturated heterocycles. The van der Waals surface area contributed by atoms with Crippen LogP contribution in [0.3, 0.4) is 0 Å². The number of anilines is 1. The monoisotopic (exact) mass is 493 g/mol. The number of amides is 1. The molecule has 35 heavy (non-hydrogen) atoms. The second kappa shape index (κ2) is 11.7. The van der Waals surface area contributed by atoms with Crippen molar-refractivity contribution in [3.05, 3.63) is 89.5 Å². The van der Waals surface area contributed by atoms with Gasteiger partial charge in [-0.05, 0) is 35.4 Å². The maximum absolute atomic E-state index is 11.6. The highest BCUT2D eigenvalue weighted by Gasteiger charge is 2.38. The minimum absolute atomic E-state index is 0.00120. The molecule has 1 amide bonds. The first-order valence-corrected chi connectivity index (χ1v) is 12.6. The number of hydrogen-bond donors (Lipinski definition) is 2. The van der Waals surface area contributed by atoms with Crippen LogP contribution >= 0.6 is 11.8 Å². The van der Waals surface area contributed by atoms with Crippen molar-refractivity contribution in [2.75, 3.05) is 18.2 Å². The minimum Gasteiger partial charge on any atom is -0.496 e. The molecule has 1 aliphatic heterocycles. The molecule has 4 rings (SSSR count). The Bertz CT molecular complexity index is 1140. The molecule has 0 bridgehead atoms. The molecule has 3 aromatic rings. The molecule has 4 atom stereocenters. The Balaban J connectivity index is 1.61. The fourth-order valence-electron chi connectivity index (χ4n) is 4.19. The second-order valence-corrected chi connectivity index (χ2v) is 9.65. The quantitative estimate of drug-likeness (QED) is 0.390. The van der Waals surface area contributed by atoms with Gasteiger partial charge in [0.25, 0.3) is 0 Å². The third-order valence-electron chi connectivity index (χ3n) is 6.07. The Hall–Kier alpha value is -2.84. The van der Waals surface area contributed by atoms with Crippen molar-refractivity contribution < 1.29 is 24.1 Å². The number of benzene rings is 3.